The molecule has 0 atom stereocenters. The summed E-state index contributed by atoms with van der Waals surface area (Å²) in [7, 11) is -2.98. The summed E-state index contributed by atoms with van der Waals surface area (Å²) in [6, 6.07) is 7.75. The third-order valence-corrected chi connectivity index (χ3v) is 4.70. The summed E-state index contributed by atoms with van der Waals surface area (Å²) >= 11 is 0. The SMILES string of the molecule is CCCNCc1ccccc1OCCS(=O)(=O)CCC. The lowest BCUT2D eigenvalue weighted by Gasteiger charge is -2.12. The molecule has 0 aromatic heterocycles. The lowest BCUT2D eigenvalue weighted by Crippen LogP contribution is -2.18. The monoisotopic (exact) mass is 299 g/mol. The number of sulfone groups is 1. The Bertz CT molecular complexity index is 486. The number of hydrogen-bond acceptors (Lipinski definition) is 4. The van der Waals surface area contributed by atoms with Gasteiger partial charge in [-0.2, -0.15) is 0 Å². The smallest absolute Gasteiger partial charge is 0.153 e. The van der Waals surface area contributed by atoms with E-state index in [9.17, 15) is 8.42 Å². The Morgan fingerprint density at radius 2 is 1.85 bits per heavy atom. The van der Waals surface area contributed by atoms with Crippen molar-refractivity contribution in [2.45, 2.75) is 33.2 Å². The van der Waals surface area contributed by atoms with E-state index in [1.54, 1.807) is 0 Å². The second-order valence-electron chi connectivity index (χ2n) is 4.78. The molecule has 0 radical (unpaired) electrons. The van der Waals surface area contributed by atoms with Crippen LogP contribution in [0.1, 0.15) is 32.3 Å². The molecule has 5 heteroatoms. The molecular formula is C15H25NO3S. The molecule has 1 aromatic rings. The molecular weight excluding hydrogens is 274 g/mol. The standard InChI is InChI=1S/C15H25NO3S/c1-3-9-16-13-14-7-5-6-8-15(14)19-10-12-20(17,18)11-4-2/h5-8,16H,3-4,9-13H2,1-2H3. The van der Waals surface area contributed by atoms with Gasteiger partial charge in [-0.1, -0.05) is 32.0 Å². The minimum Gasteiger partial charge on any atom is -0.492 e. The van der Waals surface area contributed by atoms with E-state index in [0.29, 0.717) is 6.42 Å². The molecule has 0 fully saturated rings. The number of ether oxygens (including phenoxy) is 1. The van der Waals surface area contributed by atoms with Gasteiger partial charge in [-0.25, -0.2) is 8.42 Å². The maximum absolute atomic E-state index is 11.6. The third kappa shape index (κ3) is 6.39. The Labute approximate surface area is 122 Å². The lowest BCUT2D eigenvalue weighted by atomic mass is 10.2. The highest BCUT2D eigenvalue weighted by atomic mass is 32.2. The fraction of sp³-hybridized carbons (Fsp3) is 0.600. The first-order valence-corrected chi connectivity index (χ1v) is 9.03. The van der Waals surface area contributed by atoms with Gasteiger partial charge in [0.25, 0.3) is 0 Å². The van der Waals surface area contributed by atoms with Crippen LogP contribution in [0.5, 0.6) is 5.75 Å². The van der Waals surface area contributed by atoms with Gasteiger partial charge >= 0.3 is 0 Å². The van der Waals surface area contributed by atoms with Crippen LogP contribution >= 0.6 is 0 Å². The van der Waals surface area contributed by atoms with E-state index in [2.05, 4.69) is 12.2 Å². The van der Waals surface area contributed by atoms with E-state index >= 15 is 0 Å². The number of para-hydroxylation sites is 1. The molecule has 114 valence electrons. The number of nitrogens with one attached hydrogen (secondary N) is 1. The van der Waals surface area contributed by atoms with E-state index in [4.69, 9.17) is 4.74 Å². The zero-order valence-corrected chi connectivity index (χ0v) is 13.2. The predicted molar refractivity (Wildman–Crippen MR) is 82.9 cm³/mol. The normalized spacial score (nSPS) is 11.5. The van der Waals surface area contributed by atoms with Crippen molar-refractivity contribution in [3.63, 3.8) is 0 Å². The number of benzene rings is 1. The molecule has 0 aliphatic rings. The molecule has 0 aliphatic heterocycles. The van der Waals surface area contributed by atoms with Gasteiger partial charge in [0.2, 0.25) is 0 Å². The van der Waals surface area contributed by atoms with Crippen LogP contribution in [0.25, 0.3) is 0 Å². The Kier molecular flexibility index (Phi) is 7.62. The maximum Gasteiger partial charge on any atom is 0.153 e. The van der Waals surface area contributed by atoms with Crippen LogP contribution in [0, 0.1) is 0 Å². The van der Waals surface area contributed by atoms with Crippen LogP contribution in [0.3, 0.4) is 0 Å². The summed E-state index contributed by atoms with van der Waals surface area (Å²) in [5, 5.41) is 3.32. The predicted octanol–water partition coefficient (Wildman–Crippen LogP) is 2.39. The van der Waals surface area contributed by atoms with Crippen molar-refractivity contribution in [1.82, 2.24) is 5.32 Å². The zero-order chi connectivity index (χ0) is 14.8. The molecule has 0 bridgehead atoms. The van der Waals surface area contributed by atoms with E-state index in [1.807, 2.05) is 31.2 Å². The minimum atomic E-state index is -2.98. The van der Waals surface area contributed by atoms with Gasteiger partial charge < -0.3 is 10.1 Å². The molecule has 0 aliphatic carbocycles. The molecule has 0 spiro atoms. The molecule has 20 heavy (non-hydrogen) atoms. The summed E-state index contributed by atoms with van der Waals surface area (Å²) < 4.78 is 28.9. The molecule has 0 amide bonds. The highest BCUT2D eigenvalue weighted by molar-refractivity contribution is 7.91. The van der Waals surface area contributed by atoms with E-state index < -0.39 is 9.84 Å². The molecule has 0 saturated heterocycles. The van der Waals surface area contributed by atoms with Crippen LogP contribution in [0.15, 0.2) is 24.3 Å². The van der Waals surface area contributed by atoms with E-state index in [-0.39, 0.29) is 18.1 Å². The Morgan fingerprint density at radius 1 is 1.10 bits per heavy atom. The van der Waals surface area contributed by atoms with Crippen LogP contribution in [-0.2, 0) is 16.4 Å². The van der Waals surface area contributed by atoms with Crippen molar-refractivity contribution >= 4 is 9.84 Å². The van der Waals surface area contributed by atoms with Crippen LogP contribution < -0.4 is 10.1 Å². The van der Waals surface area contributed by atoms with Crippen molar-refractivity contribution in [2.75, 3.05) is 24.7 Å². The van der Waals surface area contributed by atoms with Crippen LogP contribution in [0.4, 0.5) is 0 Å². The average molecular weight is 299 g/mol. The molecule has 4 nitrogen and oxygen atoms in total. The number of hydrogen-bond donors (Lipinski definition) is 1. The lowest BCUT2D eigenvalue weighted by molar-refractivity contribution is 0.336. The molecule has 1 aromatic carbocycles. The maximum atomic E-state index is 11.6. The van der Waals surface area contributed by atoms with Gasteiger partial charge in [0, 0.05) is 12.1 Å². The Morgan fingerprint density at radius 3 is 2.55 bits per heavy atom. The third-order valence-electron chi connectivity index (χ3n) is 2.88. The fourth-order valence-electron chi connectivity index (χ4n) is 1.88. The van der Waals surface area contributed by atoms with Gasteiger partial charge in [-0.3, -0.25) is 0 Å². The summed E-state index contributed by atoms with van der Waals surface area (Å²) in [6.07, 6.45) is 1.73. The average Bonchev–Trinajstić information content (AvgIpc) is 2.40. The molecule has 0 heterocycles. The van der Waals surface area contributed by atoms with Crippen molar-refractivity contribution in [1.29, 1.82) is 0 Å². The van der Waals surface area contributed by atoms with Crippen molar-refractivity contribution < 1.29 is 13.2 Å². The van der Waals surface area contributed by atoms with E-state index in [1.165, 1.54) is 0 Å². The first-order chi connectivity index (χ1) is 9.59. The van der Waals surface area contributed by atoms with Crippen LogP contribution in [-0.4, -0.2) is 33.1 Å². The fourth-order valence-corrected chi connectivity index (χ4v) is 3.05. The minimum absolute atomic E-state index is 0.0809. The Hall–Kier alpha value is -1.07. The molecule has 1 rings (SSSR count). The molecule has 0 saturated carbocycles. The van der Waals surface area contributed by atoms with Gasteiger partial charge in [0.15, 0.2) is 9.84 Å². The number of rotatable bonds is 10. The van der Waals surface area contributed by atoms with Crippen molar-refractivity contribution in [3.8, 4) is 5.75 Å². The van der Waals surface area contributed by atoms with Gasteiger partial charge in [0.05, 0.1) is 11.5 Å². The zero-order valence-electron chi connectivity index (χ0n) is 12.4. The van der Waals surface area contributed by atoms with Crippen molar-refractivity contribution in [3.05, 3.63) is 29.8 Å². The summed E-state index contributed by atoms with van der Waals surface area (Å²) in [5.41, 5.74) is 1.06. The Balaban J connectivity index is 2.51. The van der Waals surface area contributed by atoms with Gasteiger partial charge in [-0.15, -0.1) is 0 Å². The van der Waals surface area contributed by atoms with E-state index in [0.717, 1.165) is 30.8 Å². The topological polar surface area (TPSA) is 55.4 Å². The molecule has 1 N–H and O–H groups in total. The van der Waals surface area contributed by atoms with Crippen molar-refractivity contribution in [2.24, 2.45) is 0 Å². The molecule has 0 unspecified atom stereocenters. The summed E-state index contributed by atoms with van der Waals surface area (Å²) in [6.45, 7) is 5.90. The second-order valence-corrected chi connectivity index (χ2v) is 7.09. The van der Waals surface area contributed by atoms with Gasteiger partial charge in [-0.05, 0) is 25.5 Å². The largest absolute Gasteiger partial charge is 0.492 e. The summed E-state index contributed by atoms with van der Waals surface area (Å²) in [4.78, 5) is 0. The quantitative estimate of drug-likeness (QED) is 0.674. The first-order valence-electron chi connectivity index (χ1n) is 7.21. The van der Waals surface area contributed by atoms with Crippen LogP contribution in [0.2, 0.25) is 0 Å². The summed E-state index contributed by atoms with van der Waals surface area (Å²) in [5.74, 6) is 1.08. The highest BCUT2D eigenvalue weighted by Crippen LogP contribution is 2.17. The first kappa shape index (κ1) is 17.0. The highest BCUT2D eigenvalue weighted by Gasteiger charge is 2.10. The van der Waals surface area contributed by atoms with Gasteiger partial charge in [0.1, 0.15) is 12.4 Å². The second kappa shape index (κ2) is 8.97.